The van der Waals surface area contributed by atoms with Gasteiger partial charge in [-0.3, -0.25) is 4.79 Å². The first-order valence-electron chi connectivity index (χ1n) is 6.67. The van der Waals surface area contributed by atoms with E-state index >= 15 is 0 Å². The van der Waals surface area contributed by atoms with Gasteiger partial charge in [0.15, 0.2) is 4.34 Å². The van der Waals surface area contributed by atoms with Gasteiger partial charge in [0.05, 0.1) is 5.75 Å². The van der Waals surface area contributed by atoms with Crippen molar-refractivity contribution in [2.24, 2.45) is 0 Å². The number of benzene rings is 1. The second-order valence-electron chi connectivity index (χ2n) is 4.82. The van der Waals surface area contributed by atoms with Gasteiger partial charge in [-0.15, -0.1) is 11.3 Å². The molecule has 3 nitrogen and oxygen atoms in total. The van der Waals surface area contributed by atoms with Crippen molar-refractivity contribution < 1.29 is 4.79 Å². The number of hydrogen-bond donors (Lipinski definition) is 0. The van der Waals surface area contributed by atoms with Crippen LogP contribution in [0.3, 0.4) is 0 Å². The molecule has 1 amide bonds. The minimum absolute atomic E-state index is 0.176. The molecule has 0 unspecified atom stereocenters. The molecular formula is C15H16N2OS2. The number of para-hydroxylation sites is 1. The van der Waals surface area contributed by atoms with Crippen molar-refractivity contribution >= 4 is 34.7 Å². The lowest BCUT2D eigenvalue weighted by Gasteiger charge is -2.29. The Bertz CT molecular complexity index is 624. The van der Waals surface area contributed by atoms with Crippen molar-refractivity contribution in [3.8, 4) is 0 Å². The molecule has 1 aromatic heterocycles. The standard InChI is InChI=1S/C15H16N2OS2/c1-11-9-19-15(16-11)20-10-14(18)17-8-4-6-12-5-2-3-7-13(12)17/h2-3,5,7,9H,4,6,8,10H2,1H3. The molecule has 0 N–H and O–H groups in total. The maximum atomic E-state index is 12.4. The van der Waals surface area contributed by atoms with E-state index < -0.39 is 0 Å². The van der Waals surface area contributed by atoms with Gasteiger partial charge in [0.1, 0.15) is 0 Å². The van der Waals surface area contributed by atoms with Gasteiger partial charge in [0.25, 0.3) is 0 Å². The van der Waals surface area contributed by atoms with Gasteiger partial charge in [-0.05, 0) is 31.4 Å². The number of carbonyl (C=O) groups excluding carboxylic acids is 1. The van der Waals surface area contributed by atoms with Crippen molar-refractivity contribution in [3.05, 3.63) is 40.9 Å². The predicted molar refractivity (Wildman–Crippen MR) is 84.7 cm³/mol. The van der Waals surface area contributed by atoms with E-state index in [9.17, 15) is 4.79 Å². The molecule has 2 heterocycles. The molecular weight excluding hydrogens is 288 g/mol. The van der Waals surface area contributed by atoms with Crippen molar-refractivity contribution in [1.29, 1.82) is 0 Å². The van der Waals surface area contributed by atoms with Crippen LogP contribution in [0.25, 0.3) is 0 Å². The molecule has 0 saturated heterocycles. The Morgan fingerprint density at radius 3 is 3.10 bits per heavy atom. The summed E-state index contributed by atoms with van der Waals surface area (Å²) in [4.78, 5) is 18.7. The van der Waals surface area contributed by atoms with Gasteiger partial charge in [-0.25, -0.2) is 4.98 Å². The van der Waals surface area contributed by atoms with E-state index in [-0.39, 0.29) is 5.91 Å². The molecule has 2 aromatic rings. The summed E-state index contributed by atoms with van der Waals surface area (Å²) in [5.41, 5.74) is 3.38. The maximum absolute atomic E-state index is 12.4. The normalized spacial score (nSPS) is 14.2. The van der Waals surface area contributed by atoms with Crippen molar-refractivity contribution in [1.82, 2.24) is 4.98 Å². The van der Waals surface area contributed by atoms with E-state index in [1.807, 2.05) is 35.4 Å². The third kappa shape index (κ3) is 2.88. The molecule has 3 rings (SSSR count). The summed E-state index contributed by atoms with van der Waals surface area (Å²) in [5, 5.41) is 2.02. The molecule has 0 saturated carbocycles. The first-order chi connectivity index (χ1) is 9.74. The largest absolute Gasteiger partial charge is 0.311 e. The van der Waals surface area contributed by atoms with Crippen molar-refractivity contribution in [2.45, 2.75) is 24.1 Å². The number of thiazole rings is 1. The van der Waals surface area contributed by atoms with Crippen LogP contribution in [0.15, 0.2) is 34.0 Å². The summed E-state index contributed by atoms with van der Waals surface area (Å²) < 4.78 is 0.973. The zero-order chi connectivity index (χ0) is 13.9. The molecule has 1 aromatic carbocycles. The Balaban J connectivity index is 1.69. The highest BCUT2D eigenvalue weighted by atomic mass is 32.2. The molecule has 1 aliphatic rings. The number of carbonyl (C=O) groups is 1. The van der Waals surface area contributed by atoms with E-state index in [1.165, 1.54) is 17.3 Å². The molecule has 5 heteroatoms. The lowest BCUT2D eigenvalue weighted by atomic mass is 10.0. The van der Waals surface area contributed by atoms with E-state index in [1.54, 1.807) is 11.3 Å². The van der Waals surface area contributed by atoms with Gasteiger partial charge in [-0.1, -0.05) is 30.0 Å². The van der Waals surface area contributed by atoms with Crippen LogP contribution in [0.2, 0.25) is 0 Å². The molecule has 0 aliphatic carbocycles. The molecule has 0 fully saturated rings. The fraction of sp³-hybridized carbons (Fsp3) is 0.333. The molecule has 0 atom stereocenters. The van der Waals surface area contributed by atoms with Crippen LogP contribution in [0.4, 0.5) is 5.69 Å². The highest BCUT2D eigenvalue weighted by Crippen LogP contribution is 2.28. The monoisotopic (exact) mass is 304 g/mol. The molecule has 0 spiro atoms. The number of nitrogens with zero attached hydrogens (tertiary/aromatic N) is 2. The van der Waals surface area contributed by atoms with Crippen LogP contribution in [0, 0.1) is 6.92 Å². The lowest BCUT2D eigenvalue weighted by molar-refractivity contribution is -0.116. The molecule has 1 aliphatic heterocycles. The Hall–Kier alpha value is -1.33. The third-order valence-corrected chi connectivity index (χ3v) is 5.45. The van der Waals surface area contributed by atoms with Gasteiger partial charge in [0.2, 0.25) is 5.91 Å². The van der Waals surface area contributed by atoms with Crippen LogP contribution in [0.1, 0.15) is 17.7 Å². The fourth-order valence-electron chi connectivity index (χ4n) is 2.39. The smallest absolute Gasteiger partial charge is 0.237 e. The van der Waals surface area contributed by atoms with E-state index in [0.717, 1.165) is 35.1 Å². The van der Waals surface area contributed by atoms with Gasteiger partial charge >= 0.3 is 0 Å². The topological polar surface area (TPSA) is 33.2 Å². The zero-order valence-electron chi connectivity index (χ0n) is 11.3. The van der Waals surface area contributed by atoms with Crippen LogP contribution in [0.5, 0.6) is 0 Å². The molecule has 0 radical (unpaired) electrons. The summed E-state index contributed by atoms with van der Waals surface area (Å²) in [6.07, 6.45) is 2.11. The maximum Gasteiger partial charge on any atom is 0.237 e. The Kier molecular flexibility index (Phi) is 4.08. The number of aryl methyl sites for hydroxylation is 2. The van der Waals surface area contributed by atoms with E-state index in [0.29, 0.717) is 5.75 Å². The SMILES string of the molecule is Cc1csc(SCC(=O)N2CCCc3ccccc32)n1. The van der Waals surface area contributed by atoms with E-state index in [4.69, 9.17) is 0 Å². The lowest BCUT2D eigenvalue weighted by Crippen LogP contribution is -2.36. The minimum atomic E-state index is 0.176. The van der Waals surface area contributed by atoms with Crippen LogP contribution in [-0.2, 0) is 11.2 Å². The van der Waals surface area contributed by atoms with Gasteiger partial charge < -0.3 is 4.90 Å². The summed E-state index contributed by atoms with van der Waals surface area (Å²) in [5.74, 6) is 0.636. The summed E-state index contributed by atoms with van der Waals surface area (Å²) in [6.45, 7) is 2.80. The summed E-state index contributed by atoms with van der Waals surface area (Å²) in [7, 11) is 0. The Morgan fingerprint density at radius 2 is 2.30 bits per heavy atom. The van der Waals surface area contributed by atoms with Crippen LogP contribution in [-0.4, -0.2) is 23.2 Å². The Morgan fingerprint density at radius 1 is 1.45 bits per heavy atom. The summed E-state index contributed by atoms with van der Waals surface area (Å²) >= 11 is 3.14. The number of thioether (sulfide) groups is 1. The molecule has 20 heavy (non-hydrogen) atoms. The molecule has 104 valence electrons. The zero-order valence-corrected chi connectivity index (χ0v) is 13.0. The first-order valence-corrected chi connectivity index (χ1v) is 8.54. The number of fused-ring (bicyclic) bond motifs is 1. The van der Waals surface area contributed by atoms with Gasteiger partial charge in [0, 0.05) is 23.3 Å². The number of rotatable bonds is 3. The average molecular weight is 304 g/mol. The summed E-state index contributed by atoms with van der Waals surface area (Å²) in [6, 6.07) is 8.21. The number of aromatic nitrogens is 1. The predicted octanol–water partition coefficient (Wildman–Crippen LogP) is 3.52. The highest BCUT2D eigenvalue weighted by molar-refractivity contribution is 8.01. The highest BCUT2D eigenvalue weighted by Gasteiger charge is 2.22. The minimum Gasteiger partial charge on any atom is -0.311 e. The average Bonchev–Trinajstić information content (AvgIpc) is 2.90. The van der Waals surface area contributed by atoms with E-state index in [2.05, 4.69) is 11.1 Å². The fourth-order valence-corrected chi connectivity index (χ4v) is 4.12. The number of anilines is 1. The number of amides is 1. The number of hydrogen-bond acceptors (Lipinski definition) is 4. The van der Waals surface area contributed by atoms with Crippen molar-refractivity contribution in [3.63, 3.8) is 0 Å². The van der Waals surface area contributed by atoms with Crippen LogP contribution >= 0.6 is 23.1 Å². The second-order valence-corrected chi connectivity index (χ2v) is 6.90. The quantitative estimate of drug-likeness (QED) is 0.813. The van der Waals surface area contributed by atoms with Gasteiger partial charge in [-0.2, -0.15) is 0 Å². The van der Waals surface area contributed by atoms with Crippen LogP contribution < -0.4 is 4.90 Å². The Labute approximate surface area is 127 Å². The first kappa shape index (κ1) is 13.6. The third-order valence-electron chi connectivity index (χ3n) is 3.33. The second kappa shape index (κ2) is 5.97. The molecule has 0 bridgehead atoms. The van der Waals surface area contributed by atoms with Crippen molar-refractivity contribution in [2.75, 3.05) is 17.2 Å².